The molecular weight excluding hydrogens is 290 g/mol. The summed E-state index contributed by atoms with van der Waals surface area (Å²) in [5, 5.41) is 9.35. The van der Waals surface area contributed by atoms with E-state index in [4.69, 9.17) is 4.74 Å². The van der Waals surface area contributed by atoms with E-state index in [1.807, 2.05) is 19.2 Å². The van der Waals surface area contributed by atoms with Crippen molar-refractivity contribution in [3.63, 3.8) is 0 Å². The van der Waals surface area contributed by atoms with E-state index in [1.54, 1.807) is 0 Å². The lowest BCUT2D eigenvalue weighted by molar-refractivity contribution is 0.169. The summed E-state index contributed by atoms with van der Waals surface area (Å²) in [5.74, 6) is 1.95. The Morgan fingerprint density at radius 2 is 2.17 bits per heavy atom. The van der Waals surface area contributed by atoms with Crippen LogP contribution in [0.4, 0.5) is 5.82 Å². The lowest BCUT2D eigenvalue weighted by atomic mass is 10.2. The molecule has 2 fully saturated rings. The minimum Gasteiger partial charge on any atom is -0.485 e. The summed E-state index contributed by atoms with van der Waals surface area (Å²) >= 11 is 0. The van der Waals surface area contributed by atoms with Gasteiger partial charge in [0.2, 0.25) is 0 Å². The number of pyridine rings is 1. The van der Waals surface area contributed by atoms with E-state index < -0.39 is 0 Å². The lowest BCUT2D eigenvalue weighted by Gasteiger charge is -2.22. The molecule has 0 bridgehead atoms. The number of rotatable bonds is 7. The van der Waals surface area contributed by atoms with Crippen LogP contribution in [0, 0.1) is 0 Å². The molecule has 5 heteroatoms. The standard InChI is InChI=1S/C18H29N3O2/c1-15(22)6-5-10-20-13-8-16(14-20)23-17-7-4-9-19-18(17)21-11-2-3-12-21/h4,7,9,15-16,22H,2-3,5-6,8,10-14H2,1H3/t15-,16+/m1/s1. The fraction of sp³-hybridized carbons (Fsp3) is 0.722. The zero-order valence-corrected chi connectivity index (χ0v) is 14.2. The van der Waals surface area contributed by atoms with Gasteiger partial charge >= 0.3 is 0 Å². The first kappa shape index (κ1) is 16.5. The van der Waals surface area contributed by atoms with Crippen molar-refractivity contribution in [2.75, 3.05) is 37.6 Å². The molecular formula is C18H29N3O2. The van der Waals surface area contributed by atoms with Crippen molar-refractivity contribution in [1.29, 1.82) is 0 Å². The monoisotopic (exact) mass is 319 g/mol. The summed E-state index contributed by atoms with van der Waals surface area (Å²) in [6.07, 6.45) is 7.42. The number of nitrogens with zero attached hydrogens (tertiary/aromatic N) is 3. The molecule has 2 aliphatic rings. The topological polar surface area (TPSA) is 48.8 Å². The van der Waals surface area contributed by atoms with Gasteiger partial charge in [-0.3, -0.25) is 4.90 Å². The van der Waals surface area contributed by atoms with Gasteiger partial charge in [-0.05, 0) is 57.7 Å². The number of anilines is 1. The molecule has 23 heavy (non-hydrogen) atoms. The number of likely N-dealkylation sites (tertiary alicyclic amines) is 1. The third-order valence-corrected chi connectivity index (χ3v) is 4.78. The SMILES string of the molecule is C[C@@H](O)CCCN1CC[C@H](Oc2cccnc2N2CCCC2)C1. The van der Waals surface area contributed by atoms with Gasteiger partial charge in [0.15, 0.2) is 11.6 Å². The molecule has 0 aromatic carbocycles. The van der Waals surface area contributed by atoms with E-state index in [9.17, 15) is 5.11 Å². The van der Waals surface area contributed by atoms with Gasteiger partial charge in [0.1, 0.15) is 6.10 Å². The number of aliphatic hydroxyl groups excluding tert-OH is 1. The smallest absolute Gasteiger partial charge is 0.171 e. The molecule has 0 amide bonds. The fourth-order valence-corrected chi connectivity index (χ4v) is 3.53. The summed E-state index contributed by atoms with van der Waals surface area (Å²) < 4.78 is 6.28. The van der Waals surface area contributed by atoms with E-state index >= 15 is 0 Å². The molecule has 1 aromatic heterocycles. The number of hydrogen-bond acceptors (Lipinski definition) is 5. The molecule has 2 saturated heterocycles. The molecule has 1 N–H and O–H groups in total. The third-order valence-electron chi connectivity index (χ3n) is 4.78. The van der Waals surface area contributed by atoms with Crippen molar-refractivity contribution < 1.29 is 9.84 Å². The molecule has 0 spiro atoms. The predicted molar refractivity (Wildman–Crippen MR) is 92.1 cm³/mol. The second-order valence-electron chi connectivity index (χ2n) is 6.84. The van der Waals surface area contributed by atoms with Crippen LogP contribution in [0.3, 0.4) is 0 Å². The second kappa shape index (κ2) is 7.97. The quantitative estimate of drug-likeness (QED) is 0.836. The Bertz CT molecular complexity index is 489. The van der Waals surface area contributed by atoms with Crippen molar-refractivity contribution in [1.82, 2.24) is 9.88 Å². The van der Waals surface area contributed by atoms with Crippen LogP contribution >= 0.6 is 0 Å². The molecule has 2 aliphatic heterocycles. The van der Waals surface area contributed by atoms with E-state index in [0.717, 1.165) is 63.6 Å². The molecule has 0 unspecified atom stereocenters. The van der Waals surface area contributed by atoms with Crippen LogP contribution in [0.2, 0.25) is 0 Å². The molecule has 5 nitrogen and oxygen atoms in total. The van der Waals surface area contributed by atoms with Gasteiger partial charge in [-0.1, -0.05) is 0 Å². The average Bonchev–Trinajstić information content (AvgIpc) is 3.19. The van der Waals surface area contributed by atoms with Gasteiger partial charge in [0.25, 0.3) is 0 Å². The Morgan fingerprint density at radius 3 is 2.96 bits per heavy atom. The first-order valence-electron chi connectivity index (χ1n) is 8.99. The van der Waals surface area contributed by atoms with Crippen molar-refractivity contribution in [2.45, 2.75) is 51.2 Å². The molecule has 3 rings (SSSR count). The number of aliphatic hydroxyl groups is 1. The molecule has 1 aromatic rings. The summed E-state index contributed by atoms with van der Waals surface area (Å²) in [5.41, 5.74) is 0. The molecule has 2 atom stereocenters. The summed E-state index contributed by atoms with van der Waals surface area (Å²) in [6.45, 7) is 7.15. The number of aromatic nitrogens is 1. The molecule has 0 aliphatic carbocycles. The molecule has 128 valence electrons. The van der Waals surface area contributed by atoms with Crippen LogP contribution in [0.1, 0.15) is 39.0 Å². The van der Waals surface area contributed by atoms with E-state index in [2.05, 4.69) is 20.9 Å². The van der Waals surface area contributed by atoms with Crippen LogP contribution < -0.4 is 9.64 Å². The van der Waals surface area contributed by atoms with Crippen molar-refractivity contribution in [2.24, 2.45) is 0 Å². The second-order valence-corrected chi connectivity index (χ2v) is 6.84. The maximum atomic E-state index is 9.35. The Hall–Kier alpha value is -1.33. The van der Waals surface area contributed by atoms with Gasteiger partial charge in [-0.15, -0.1) is 0 Å². The zero-order chi connectivity index (χ0) is 16.1. The van der Waals surface area contributed by atoms with Gasteiger partial charge < -0.3 is 14.7 Å². The van der Waals surface area contributed by atoms with E-state index in [0.29, 0.717) is 0 Å². The van der Waals surface area contributed by atoms with E-state index in [-0.39, 0.29) is 12.2 Å². The van der Waals surface area contributed by atoms with Crippen LogP contribution in [0.25, 0.3) is 0 Å². The van der Waals surface area contributed by atoms with Gasteiger partial charge in [0, 0.05) is 32.4 Å². The zero-order valence-electron chi connectivity index (χ0n) is 14.2. The molecule has 3 heterocycles. The van der Waals surface area contributed by atoms with Crippen LogP contribution in [0.5, 0.6) is 5.75 Å². The van der Waals surface area contributed by atoms with Crippen LogP contribution in [0.15, 0.2) is 18.3 Å². The minimum atomic E-state index is -0.192. The fourth-order valence-electron chi connectivity index (χ4n) is 3.53. The number of hydrogen-bond donors (Lipinski definition) is 1. The maximum Gasteiger partial charge on any atom is 0.171 e. The van der Waals surface area contributed by atoms with Crippen LogP contribution in [-0.4, -0.2) is 59.9 Å². The van der Waals surface area contributed by atoms with Gasteiger partial charge in [-0.2, -0.15) is 0 Å². The number of ether oxygens (including phenoxy) is 1. The average molecular weight is 319 g/mol. The van der Waals surface area contributed by atoms with Gasteiger partial charge in [-0.25, -0.2) is 4.98 Å². The first-order valence-corrected chi connectivity index (χ1v) is 8.99. The summed E-state index contributed by atoms with van der Waals surface area (Å²) in [7, 11) is 0. The third kappa shape index (κ3) is 4.58. The van der Waals surface area contributed by atoms with Crippen molar-refractivity contribution in [3.05, 3.63) is 18.3 Å². The Labute approximate surface area is 139 Å². The lowest BCUT2D eigenvalue weighted by Crippen LogP contribution is -2.27. The maximum absolute atomic E-state index is 9.35. The largest absolute Gasteiger partial charge is 0.485 e. The Balaban J connectivity index is 1.52. The highest BCUT2D eigenvalue weighted by Gasteiger charge is 2.26. The highest BCUT2D eigenvalue weighted by atomic mass is 16.5. The van der Waals surface area contributed by atoms with Gasteiger partial charge in [0.05, 0.1) is 6.10 Å². The summed E-state index contributed by atoms with van der Waals surface area (Å²) in [4.78, 5) is 9.33. The Kier molecular flexibility index (Phi) is 5.73. The summed E-state index contributed by atoms with van der Waals surface area (Å²) in [6, 6.07) is 4.01. The normalized spacial score (nSPS) is 23.4. The van der Waals surface area contributed by atoms with Crippen LogP contribution in [-0.2, 0) is 0 Å². The van der Waals surface area contributed by atoms with Crippen molar-refractivity contribution in [3.8, 4) is 5.75 Å². The van der Waals surface area contributed by atoms with Crippen molar-refractivity contribution >= 4 is 5.82 Å². The molecule has 0 saturated carbocycles. The van der Waals surface area contributed by atoms with E-state index in [1.165, 1.54) is 12.8 Å². The molecule has 0 radical (unpaired) electrons. The minimum absolute atomic E-state index is 0.192. The Morgan fingerprint density at radius 1 is 1.35 bits per heavy atom. The highest BCUT2D eigenvalue weighted by Crippen LogP contribution is 2.30. The predicted octanol–water partition coefficient (Wildman–Crippen LogP) is 2.30. The highest BCUT2D eigenvalue weighted by molar-refractivity contribution is 5.52. The first-order chi connectivity index (χ1) is 11.2.